The van der Waals surface area contributed by atoms with Gasteiger partial charge >= 0.3 is 0 Å². The fourth-order valence-electron chi connectivity index (χ4n) is 2.75. The number of halogens is 1. The lowest BCUT2D eigenvalue weighted by Gasteiger charge is -2.44. The molecule has 1 unspecified atom stereocenters. The molecule has 1 atom stereocenters. The summed E-state index contributed by atoms with van der Waals surface area (Å²) in [7, 11) is 0. The molecule has 0 amide bonds. The van der Waals surface area contributed by atoms with Gasteiger partial charge in [0, 0.05) is 6.54 Å². The summed E-state index contributed by atoms with van der Waals surface area (Å²) in [5.74, 6) is 1.75. The minimum absolute atomic E-state index is 0.390. The van der Waals surface area contributed by atoms with E-state index < -0.39 is 0 Å². The first-order chi connectivity index (χ1) is 7.83. The number of hydrogen-bond acceptors (Lipinski definition) is 2. The largest absolute Gasteiger partial charge is 0.488 e. The number of benzene rings is 1. The summed E-state index contributed by atoms with van der Waals surface area (Å²) in [6, 6.07) is 8.13. The highest BCUT2D eigenvalue weighted by molar-refractivity contribution is 9.10. The quantitative estimate of drug-likeness (QED) is 0.827. The van der Waals surface area contributed by atoms with E-state index in [9.17, 15) is 0 Å². The molecule has 86 valence electrons. The van der Waals surface area contributed by atoms with Crippen LogP contribution in [0.5, 0.6) is 5.75 Å². The van der Waals surface area contributed by atoms with E-state index in [0.717, 1.165) is 22.7 Å². The Bertz CT molecular complexity index is 374. The van der Waals surface area contributed by atoms with Crippen molar-refractivity contribution in [1.82, 2.24) is 4.90 Å². The normalized spacial score (nSPS) is 32.7. The van der Waals surface area contributed by atoms with E-state index in [1.165, 1.54) is 25.9 Å². The van der Waals surface area contributed by atoms with Crippen molar-refractivity contribution < 1.29 is 4.74 Å². The molecule has 0 spiro atoms. The Morgan fingerprint density at radius 1 is 1.19 bits per heavy atom. The second-order valence-electron chi connectivity index (χ2n) is 4.72. The maximum absolute atomic E-state index is 6.13. The third-order valence-corrected chi connectivity index (χ3v) is 4.37. The summed E-state index contributed by atoms with van der Waals surface area (Å²) in [6.45, 7) is 3.63. The molecule has 0 aliphatic carbocycles. The molecule has 0 N–H and O–H groups in total. The van der Waals surface area contributed by atoms with Gasteiger partial charge in [-0.1, -0.05) is 12.1 Å². The lowest BCUT2D eigenvalue weighted by atomic mass is 9.86. The van der Waals surface area contributed by atoms with E-state index in [2.05, 4.69) is 20.8 Å². The highest BCUT2D eigenvalue weighted by Crippen LogP contribution is 2.33. The predicted molar refractivity (Wildman–Crippen MR) is 67.7 cm³/mol. The number of nitrogens with zero attached hydrogens (tertiary/aromatic N) is 1. The van der Waals surface area contributed by atoms with Gasteiger partial charge in [0.25, 0.3) is 0 Å². The van der Waals surface area contributed by atoms with Gasteiger partial charge in [0.05, 0.1) is 4.47 Å². The zero-order valence-electron chi connectivity index (χ0n) is 9.23. The van der Waals surface area contributed by atoms with Crippen molar-refractivity contribution in [3.8, 4) is 5.75 Å². The van der Waals surface area contributed by atoms with E-state index in [4.69, 9.17) is 4.74 Å². The molecule has 16 heavy (non-hydrogen) atoms. The highest BCUT2D eigenvalue weighted by atomic mass is 79.9. The van der Waals surface area contributed by atoms with Crippen LogP contribution in [-0.4, -0.2) is 30.6 Å². The minimum atomic E-state index is 0.390. The van der Waals surface area contributed by atoms with Crippen LogP contribution in [0.1, 0.15) is 12.8 Å². The fraction of sp³-hybridized carbons (Fsp3) is 0.538. The van der Waals surface area contributed by atoms with Gasteiger partial charge in [-0.3, -0.25) is 4.90 Å². The number of para-hydroxylation sites is 1. The molecule has 3 fully saturated rings. The Labute approximate surface area is 105 Å². The number of ether oxygens (including phenoxy) is 1. The maximum Gasteiger partial charge on any atom is 0.133 e. The van der Waals surface area contributed by atoms with Gasteiger partial charge in [0.15, 0.2) is 0 Å². The standard InChI is InChI=1S/C13H16BrNO/c14-11-3-1-2-4-12(11)16-13-9-15-7-5-10(13)6-8-15/h1-4,10,13H,5-9H2. The summed E-state index contributed by atoms with van der Waals surface area (Å²) in [6.07, 6.45) is 2.99. The third kappa shape index (κ3) is 1.98. The molecule has 1 aromatic rings. The molecule has 0 aromatic heterocycles. The summed E-state index contributed by atoms with van der Waals surface area (Å²) in [4.78, 5) is 2.52. The molecule has 4 rings (SSSR count). The summed E-state index contributed by atoms with van der Waals surface area (Å²) < 4.78 is 7.19. The second-order valence-corrected chi connectivity index (χ2v) is 5.58. The van der Waals surface area contributed by atoms with Crippen molar-refractivity contribution in [2.45, 2.75) is 18.9 Å². The average molecular weight is 282 g/mol. The van der Waals surface area contributed by atoms with Crippen LogP contribution in [0.3, 0.4) is 0 Å². The van der Waals surface area contributed by atoms with Crippen LogP contribution in [0.25, 0.3) is 0 Å². The molecule has 3 aliphatic rings. The monoisotopic (exact) mass is 281 g/mol. The summed E-state index contributed by atoms with van der Waals surface area (Å²) in [5.41, 5.74) is 0. The van der Waals surface area contributed by atoms with Gasteiger partial charge < -0.3 is 4.74 Å². The zero-order chi connectivity index (χ0) is 11.0. The molecule has 2 nitrogen and oxygen atoms in total. The van der Waals surface area contributed by atoms with E-state index >= 15 is 0 Å². The molecular weight excluding hydrogens is 266 g/mol. The van der Waals surface area contributed by atoms with Crippen LogP contribution in [0, 0.1) is 5.92 Å². The van der Waals surface area contributed by atoms with Gasteiger partial charge in [-0.05, 0) is 59.9 Å². The lowest BCUT2D eigenvalue weighted by molar-refractivity contribution is -0.00811. The van der Waals surface area contributed by atoms with Gasteiger partial charge in [0.1, 0.15) is 11.9 Å². The van der Waals surface area contributed by atoms with Gasteiger partial charge in [-0.25, -0.2) is 0 Å². The Hall–Kier alpha value is -0.540. The minimum Gasteiger partial charge on any atom is -0.488 e. The van der Waals surface area contributed by atoms with Gasteiger partial charge in [0.2, 0.25) is 0 Å². The Kier molecular flexibility index (Phi) is 2.90. The Morgan fingerprint density at radius 2 is 1.94 bits per heavy atom. The van der Waals surface area contributed by atoms with Crippen molar-refractivity contribution in [1.29, 1.82) is 0 Å². The summed E-state index contributed by atoms with van der Waals surface area (Å²) in [5, 5.41) is 0. The van der Waals surface area contributed by atoms with E-state index in [1.807, 2.05) is 24.3 Å². The molecule has 3 heterocycles. The van der Waals surface area contributed by atoms with Gasteiger partial charge in [-0.2, -0.15) is 0 Å². The molecular formula is C13H16BrNO. The van der Waals surface area contributed by atoms with E-state index in [0.29, 0.717) is 6.10 Å². The van der Waals surface area contributed by atoms with Gasteiger partial charge in [-0.15, -0.1) is 0 Å². The second kappa shape index (κ2) is 4.38. The molecule has 1 aromatic carbocycles. The molecule has 2 bridgehead atoms. The predicted octanol–water partition coefficient (Wildman–Crippen LogP) is 2.92. The fourth-order valence-corrected chi connectivity index (χ4v) is 3.13. The topological polar surface area (TPSA) is 12.5 Å². The van der Waals surface area contributed by atoms with Crippen molar-refractivity contribution in [3.63, 3.8) is 0 Å². The Balaban J connectivity index is 1.73. The first kappa shape index (κ1) is 10.6. The maximum atomic E-state index is 6.13. The average Bonchev–Trinajstić information content (AvgIpc) is 2.34. The van der Waals surface area contributed by atoms with E-state index in [1.54, 1.807) is 0 Å². The van der Waals surface area contributed by atoms with Crippen LogP contribution in [-0.2, 0) is 0 Å². The Morgan fingerprint density at radius 3 is 2.56 bits per heavy atom. The number of rotatable bonds is 2. The first-order valence-electron chi connectivity index (χ1n) is 5.96. The SMILES string of the molecule is Brc1ccccc1OC1CN2CCC1CC2. The molecule has 0 saturated carbocycles. The number of fused-ring (bicyclic) bond motifs is 3. The molecule has 3 saturated heterocycles. The number of piperidine rings is 3. The van der Waals surface area contributed by atoms with Crippen LogP contribution >= 0.6 is 15.9 Å². The zero-order valence-corrected chi connectivity index (χ0v) is 10.8. The van der Waals surface area contributed by atoms with Crippen LogP contribution in [0.15, 0.2) is 28.7 Å². The lowest BCUT2D eigenvalue weighted by Crippen LogP contribution is -2.52. The first-order valence-corrected chi connectivity index (χ1v) is 6.76. The van der Waals surface area contributed by atoms with Crippen molar-refractivity contribution >= 4 is 15.9 Å². The smallest absolute Gasteiger partial charge is 0.133 e. The third-order valence-electron chi connectivity index (χ3n) is 3.71. The number of hydrogen-bond donors (Lipinski definition) is 0. The van der Waals surface area contributed by atoms with Crippen molar-refractivity contribution in [3.05, 3.63) is 28.7 Å². The molecule has 3 aliphatic heterocycles. The van der Waals surface area contributed by atoms with Crippen molar-refractivity contribution in [2.24, 2.45) is 5.92 Å². The summed E-state index contributed by atoms with van der Waals surface area (Å²) >= 11 is 3.54. The van der Waals surface area contributed by atoms with Crippen LogP contribution < -0.4 is 4.74 Å². The van der Waals surface area contributed by atoms with Crippen LogP contribution in [0.4, 0.5) is 0 Å². The highest BCUT2D eigenvalue weighted by Gasteiger charge is 2.35. The van der Waals surface area contributed by atoms with Crippen LogP contribution in [0.2, 0.25) is 0 Å². The van der Waals surface area contributed by atoms with E-state index in [-0.39, 0.29) is 0 Å². The molecule has 3 heteroatoms. The van der Waals surface area contributed by atoms with Crippen molar-refractivity contribution in [2.75, 3.05) is 19.6 Å². The molecule has 0 radical (unpaired) electrons.